The summed E-state index contributed by atoms with van der Waals surface area (Å²) in [5, 5.41) is 2.41. The number of likely N-dealkylation sites (tertiary alicyclic amines) is 1. The van der Waals surface area contributed by atoms with Crippen LogP contribution < -0.4 is 0 Å². The number of thioether (sulfide) groups is 1. The molecule has 1 saturated heterocycles. The molecule has 2 aliphatic heterocycles. The van der Waals surface area contributed by atoms with Gasteiger partial charge < -0.3 is 4.90 Å². The second-order valence-corrected chi connectivity index (χ2v) is 9.43. The molecule has 0 atom stereocenters. The molecule has 0 aromatic heterocycles. The molecule has 4 rings (SSSR count). The molecule has 3 nitrogen and oxygen atoms in total. The molecular formula is C23H25Cl2N3S. The van der Waals surface area contributed by atoms with Gasteiger partial charge in [0.05, 0.1) is 23.0 Å². The highest BCUT2D eigenvalue weighted by molar-refractivity contribution is 8.14. The third kappa shape index (κ3) is 5.43. The van der Waals surface area contributed by atoms with Crippen molar-refractivity contribution in [2.24, 2.45) is 9.98 Å². The summed E-state index contributed by atoms with van der Waals surface area (Å²) in [7, 11) is 0. The van der Waals surface area contributed by atoms with E-state index in [0.717, 1.165) is 39.9 Å². The first-order valence-corrected chi connectivity index (χ1v) is 12.0. The molecule has 1 fully saturated rings. The fourth-order valence-corrected chi connectivity index (χ4v) is 5.11. The number of hydrogen-bond acceptors (Lipinski definition) is 4. The molecule has 6 heteroatoms. The van der Waals surface area contributed by atoms with Crippen molar-refractivity contribution in [3.63, 3.8) is 0 Å². The summed E-state index contributed by atoms with van der Waals surface area (Å²) in [6.45, 7) is 4.13. The Hall–Kier alpha value is -1.33. The zero-order valence-corrected chi connectivity index (χ0v) is 18.7. The van der Waals surface area contributed by atoms with Gasteiger partial charge >= 0.3 is 0 Å². The number of rotatable bonds is 4. The molecule has 152 valence electrons. The Morgan fingerprint density at radius 3 is 2.52 bits per heavy atom. The van der Waals surface area contributed by atoms with Gasteiger partial charge in [0.15, 0.2) is 0 Å². The van der Waals surface area contributed by atoms with Crippen molar-refractivity contribution in [1.82, 2.24) is 4.90 Å². The Kier molecular flexibility index (Phi) is 7.30. The maximum atomic E-state index is 6.47. The van der Waals surface area contributed by atoms with Crippen LogP contribution in [0.25, 0.3) is 0 Å². The molecule has 2 heterocycles. The van der Waals surface area contributed by atoms with E-state index in [9.17, 15) is 0 Å². The van der Waals surface area contributed by atoms with E-state index >= 15 is 0 Å². The van der Waals surface area contributed by atoms with Crippen LogP contribution in [0.15, 0.2) is 52.4 Å². The molecule has 2 aromatic carbocycles. The summed E-state index contributed by atoms with van der Waals surface area (Å²) in [5.41, 5.74) is 3.63. The molecule has 0 N–H and O–H groups in total. The maximum absolute atomic E-state index is 6.47. The molecule has 29 heavy (non-hydrogen) atoms. The van der Waals surface area contributed by atoms with Gasteiger partial charge in [-0.25, -0.2) is 4.99 Å². The molecule has 0 bridgehead atoms. The van der Waals surface area contributed by atoms with Gasteiger partial charge in [0.2, 0.25) is 0 Å². The summed E-state index contributed by atoms with van der Waals surface area (Å²) in [6, 6.07) is 13.6. The largest absolute Gasteiger partial charge is 0.303 e. The van der Waals surface area contributed by atoms with Crippen molar-refractivity contribution >= 4 is 51.4 Å². The lowest BCUT2D eigenvalue weighted by atomic mass is 10.0. The number of aliphatic imine (C=N–C) groups is 2. The van der Waals surface area contributed by atoms with Crippen molar-refractivity contribution in [2.75, 3.05) is 31.9 Å². The normalized spacial score (nSPS) is 17.7. The minimum Gasteiger partial charge on any atom is -0.303 e. The predicted molar refractivity (Wildman–Crippen MR) is 128 cm³/mol. The van der Waals surface area contributed by atoms with Crippen molar-refractivity contribution in [2.45, 2.75) is 25.7 Å². The summed E-state index contributed by atoms with van der Waals surface area (Å²) in [5.74, 6) is 1.04. The van der Waals surface area contributed by atoms with E-state index in [0.29, 0.717) is 16.6 Å². The third-order valence-corrected chi connectivity index (χ3v) is 6.84. The first kappa shape index (κ1) is 20.9. The first-order valence-electron chi connectivity index (χ1n) is 10.2. The summed E-state index contributed by atoms with van der Waals surface area (Å²) < 4.78 is 0. The Labute approximate surface area is 187 Å². The molecule has 0 spiro atoms. The number of halogens is 2. The fraction of sp³-hybridized carbons (Fsp3) is 0.391. The van der Waals surface area contributed by atoms with Gasteiger partial charge in [-0.15, -0.1) is 11.8 Å². The van der Waals surface area contributed by atoms with Crippen LogP contribution in [0.3, 0.4) is 0 Å². The summed E-state index contributed by atoms with van der Waals surface area (Å²) in [6.07, 6.45) is 5.39. The van der Waals surface area contributed by atoms with Gasteiger partial charge in [0, 0.05) is 33.5 Å². The summed E-state index contributed by atoms with van der Waals surface area (Å²) >= 11 is 14.6. The minimum atomic E-state index is 0.567. The quantitative estimate of drug-likeness (QED) is 0.537. The van der Waals surface area contributed by atoms with E-state index in [1.54, 1.807) is 0 Å². The van der Waals surface area contributed by atoms with Crippen LogP contribution in [0.4, 0.5) is 5.69 Å². The van der Waals surface area contributed by atoms with E-state index in [2.05, 4.69) is 4.90 Å². The second-order valence-electron chi connectivity index (χ2n) is 7.42. The molecule has 0 amide bonds. The smallest absolute Gasteiger partial charge is 0.0954 e. The SMILES string of the molecule is Clc1ccc2c(c1)C(c1ccccc1Cl)=NCC(SCCN1CCCCCC1)=N2. The predicted octanol–water partition coefficient (Wildman–Crippen LogP) is 6.48. The van der Waals surface area contributed by atoms with Crippen LogP contribution in [0.2, 0.25) is 10.0 Å². The van der Waals surface area contributed by atoms with Crippen molar-refractivity contribution in [3.05, 3.63) is 63.6 Å². The molecule has 2 aromatic rings. The Balaban J connectivity index is 1.54. The average molecular weight is 446 g/mol. The highest BCUT2D eigenvalue weighted by Crippen LogP contribution is 2.31. The monoisotopic (exact) mass is 445 g/mol. The van der Waals surface area contributed by atoms with E-state index < -0.39 is 0 Å². The van der Waals surface area contributed by atoms with Gasteiger partial charge in [-0.3, -0.25) is 4.99 Å². The van der Waals surface area contributed by atoms with Crippen molar-refractivity contribution in [1.29, 1.82) is 0 Å². The van der Waals surface area contributed by atoms with Crippen LogP contribution in [0, 0.1) is 0 Å². The van der Waals surface area contributed by atoms with Crippen LogP contribution in [0.1, 0.15) is 36.8 Å². The molecule has 0 saturated carbocycles. The Morgan fingerprint density at radius 2 is 1.72 bits per heavy atom. The molecule has 0 radical (unpaired) electrons. The standard InChI is InChI=1S/C23H25Cl2N3S/c24-17-9-10-21-19(15-17)23(18-7-3-4-8-20(18)25)26-16-22(27-21)29-14-13-28-11-5-1-2-6-12-28/h3-4,7-10,15H,1-2,5-6,11-14,16H2. The average Bonchev–Trinajstić information content (AvgIpc) is 3.08. The topological polar surface area (TPSA) is 28.0 Å². The molecule has 2 aliphatic rings. The fourth-order valence-electron chi connectivity index (χ4n) is 3.81. The van der Waals surface area contributed by atoms with Crippen LogP contribution in [-0.2, 0) is 0 Å². The van der Waals surface area contributed by atoms with Crippen LogP contribution in [-0.4, -0.2) is 47.6 Å². The molecule has 0 unspecified atom stereocenters. The van der Waals surface area contributed by atoms with Crippen LogP contribution in [0.5, 0.6) is 0 Å². The number of fused-ring (bicyclic) bond motifs is 1. The third-order valence-electron chi connectivity index (χ3n) is 5.34. The lowest BCUT2D eigenvalue weighted by Gasteiger charge is -2.19. The van der Waals surface area contributed by atoms with E-state index in [4.69, 9.17) is 33.2 Å². The Bertz CT molecular complexity index is 918. The maximum Gasteiger partial charge on any atom is 0.0954 e. The zero-order valence-electron chi connectivity index (χ0n) is 16.4. The first-order chi connectivity index (χ1) is 14.2. The van der Waals surface area contributed by atoms with Gasteiger partial charge in [-0.2, -0.15) is 0 Å². The van der Waals surface area contributed by atoms with E-state index in [1.165, 1.54) is 38.8 Å². The van der Waals surface area contributed by atoms with Crippen molar-refractivity contribution in [3.8, 4) is 0 Å². The second kappa shape index (κ2) is 10.1. The van der Waals surface area contributed by atoms with Crippen molar-refractivity contribution < 1.29 is 0 Å². The van der Waals surface area contributed by atoms with Gasteiger partial charge in [-0.05, 0) is 50.2 Å². The van der Waals surface area contributed by atoms with Gasteiger partial charge in [-0.1, -0.05) is 54.2 Å². The highest BCUT2D eigenvalue weighted by atomic mass is 35.5. The lowest BCUT2D eigenvalue weighted by Crippen LogP contribution is -2.27. The number of benzene rings is 2. The highest BCUT2D eigenvalue weighted by Gasteiger charge is 2.19. The van der Waals surface area contributed by atoms with Gasteiger partial charge in [0.1, 0.15) is 0 Å². The van der Waals surface area contributed by atoms with Gasteiger partial charge in [0.25, 0.3) is 0 Å². The summed E-state index contributed by atoms with van der Waals surface area (Å²) in [4.78, 5) is 12.4. The Morgan fingerprint density at radius 1 is 0.931 bits per heavy atom. The zero-order chi connectivity index (χ0) is 20.1. The molecule has 0 aliphatic carbocycles. The lowest BCUT2D eigenvalue weighted by molar-refractivity contribution is 0.303. The number of hydrogen-bond donors (Lipinski definition) is 0. The molecular weight excluding hydrogens is 421 g/mol. The minimum absolute atomic E-state index is 0.567. The van der Waals surface area contributed by atoms with E-state index in [-0.39, 0.29) is 0 Å². The number of nitrogens with zero attached hydrogens (tertiary/aromatic N) is 3. The van der Waals surface area contributed by atoms with E-state index in [1.807, 2.05) is 54.2 Å². The van der Waals surface area contributed by atoms with Crippen LogP contribution >= 0.6 is 35.0 Å².